The lowest BCUT2D eigenvalue weighted by molar-refractivity contribution is 0.0938. The van der Waals surface area contributed by atoms with Gasteiger partial charge >= 0.3 is 0 Å². The van der Waals surface area contributed by atoms with Crippen LogP contribution in [0.1, 0.15) is 44.8 Å². The third kappa shape index (κ3) is 3.98. The van der Waals surface area contributed by atoms with Gasteiger partial charge in [-0.3, -0.25) is 14.6 Å². The number of nitrogens with zero attached hydrogens (tertiary/aromatic N) is 1. The van der Waals surface area contributed by atoms with Crippen LogP contribution in [0.15, 0.2) is 79.1 Å². The summed E-state index contributed by atoms with van der Waals surface area (Å²) in [6, 6.07) is 19.4. The molecule has 1 heterocycles. The molecule has 1 N–H and O–H groups in total. The molecule has 25 heavy (non-hydrogen) atoms. The van der Waals surface area contributed by atoms with E-state index in [0.29, 0.717) is 16.7 Å². The molecule has 0 bridgehead atoms. The predicted molar refractivity (Wildman–Crippen MR) is 96.4 cm³/mol. The highest BCUT2D eigenvalue weighted by Crippen LogP contribution is 2.14. The van der Waals surface area contributed by atoms with Crippen LogP contribution in [0.2, 0.25) is 0 Å². The van der Waals surface area contributed by atoms with E-state index in [9.17, 15) is 9.59 Å². The summed E-state index contributed by atoms with van der Waals surface area (Å²) in [5.74, 6) is -0.235. The predicted octanol–water partition coefficient (Wildman–Crippen LogP) is 3.80. The van der Waals surface area contributed by atoms with Gasteiger partial charge in [0.25, 0.3) is 5.91 Å². The second-order valence-electron chi connectivity index (χ2n) is 5.75. The van der Waals surface area contributed by atoms with Crippen molar-refractivity contribution < 1.29 is 9.59 Å². The van der Waals surface area contributed by atoms with Gasteiger partial charge in [0.15, 0.2) is 5.78 Å². The molecule has 0 spiro atoms. The molecule has 0 saturated heterocycles. The lowest BCUT2D eigenvalue weighted by atomic mass is 10.0. The molecule has 0 aliphatic rings. The molecule has 0 aliphatic carbocycles. The maximum atomic E-state index is 12.4. The largest absolute Gasteiger partial charge is 0.346 e. The molecular weight excluding hydrogens is 312 g/mol. The lowest BCUT2D eigenvalue weighted by Gasteiger charge is -2.14. The van der Waals surface area contributed by atoms with Crippen LogP contribution in [0.3, 0.4) is 0 Å². The van der Waals surface area contributed by atoms with Crippen LogP contribution in [0.5, 0.6) is 0 Å². The van der Waals surface area contributed by atoms with Crippen LogP contribution in [0, 0.1) is 0 Å². The third-order valence-corrected chi connectivity index (χ3v) is 4.00. The smallest absolute Gasteiger partial charge is 0.251 e. The van der Waals surface area contributed by atoms with Crippen molar-refractivity contribution in [2.45, 2.75) is 13.0 Å². The number of nitrogens with one attached hydrogen (secondary N) is 1. The molecule has 0 aliphatic heterocycles. The Labute approximate surface area is 146 Å². The summed E-state index contributed by atoms with van der Waals surface area (Å²) in [6.07, 6.45) is 3.39. The number of pyridine rings is 1. The Morgan fingerprint density at radius 1 is 0.800 bits per heavy atom. The molecule has 2 aromatic carbocycles. The Morgan fingerprint density at radius 3 is 2.00 bits per heavy atom. The summed E-state index contributed by atoms with van der Waals surface area (Å²) in [4.78, 5) is 28.7. The van der Waals surface area contributed by atoms with Crippen molar-refractivity contribution >= 4 is 11.7 Å². The number of hydrogen-bond acceptors (Lipinski definition) is 3. The molecule has 1 amide bonds. The molecular formula is C21H18N2O2. The first-order chi connectivity index (χ1) is 12.1. The van der Waals surface area contributed by atoms with Gasteiger partial charge in [0.1, 0.15) is 0 Å². The molecule has 0 unspecified atom stereocenters. The summed E-state index contributed by atoms with van der Waals surface area (Å²) >= 11 is 0. The number of aromatic nitrogens is 1. The van der Waals surface area contributed by atoms with E-state index in [0.717, 1.165) is 5.56 Å². The summed E-state index contributed by atoms with van der Waals surface area (Å²) in [7, 11) is 0. The zero-order chi connectivity index (χ0) is 17.6. The van der Waals surface area contributed by atoms with E-state index in [1.807, 2.05) is 37.3 Å². The first kappa shape index (κ1) is 16.6. The maximum absolute atomic E-state index is 12.4. The standard InChI is InChI=1S/C21H18N2O2/c1-15(16-11-13-22-14-12-16)23-21(25)19-9-7-18(8-10-19)20(24)17-5-3-2-4-6-17/h2-15H,1H3,(H,23,25)/t15-/m1/s1. The minimum atomic E-state index is -0.178. The molecule has 4 nitrogen and oxygen atoms in total. The van der Waals surface area contributed by atoms with Gasteiger partial charge in [-0.05, 0) is 36.8 Å². The molecule has 124 valence electrons. The highest BCUT2D eigenvalue weighted by molar-refractivity contribution is 6.09. The number of ketones is 1. The average molecular weight is 330 g/mol. The van der Waals surface area contributed by atoms with Crippen molar-refractivity contribution in [3.63, 3.8) is 0 Å². The second-order valence-corrected chi connectivity index (χ2v) is 5.75. The molecule has 0 fully saturated rings. The fraction of sp³-hybridized carbons (Fsp3) is 0.0952. The van der Waals surface area contributed by atoms with Crippen LogP contribution in [-0.4, -0.2) is 16.7 Å². The fourth-order valence-corrected chi connectivity index (χ4v) is 2.54. The minimum absolute atomic E-state index is 0.0577. The van der Waals surface area contributed by atoms with E-state index < -0.39 is 0 Å². The Kier molecular flexibility index (Phi) is 5.00. The Balaban J connectivity index is 1.70. The van der Waals surface area contributed by atoms with Crippen LogP contribution in [0.25, 0.3) is 0 Å². The van der Waals surface area contributed by atoms with Gasteiger partial charge in [-0.1, -0.05) is 42.5 Å². The lowest BCUT2D eigenvalue weighted by Crippen LogP contribution is -2.26. The molecule has 1 aromatic heterocycles. The van der Waals surface area contributed by atoms with E-state index in [1.165, 1.54) is 0 Å². The molecule has 0 saturated carbocycles. The first-order valence-electron chi connectivity index (χ1n) is 8.06. The maximum Gasteiger partial charge on any atom is 0.251 e. The van der Waals surface area contributed by atoms with E-state index in [4.69, 9.17) is 0 Å². The van der Waals surface area contributed by atoms with Crippen molar-refractivity contribution in [1.82, 2.24) is 10.3 Å². The van der Waals surface area contributed by atoms with E-state index in [-0.39, 0.29) is 17.7 Å². The van der Waals surface area contributed by atoms with Crippen molar-refractivity contribution in [1.29, 1.82) is 0 Å². The zero-order valence-electron chi connectivity index (χ0n) is 13.8. The van der Waals surface area contributed by atoms with Gasteiger partial charge in [-0.15, -0.1) is 0 Å². The average Bonchev–Trinajstić information content (AvgIpc) is 2.69. The van der Waals surface area contributed by atoms with Crippen LogP contribution in [0.4, 0.5) is 0 Å². The van der Waals surface area contributed by atoms with Gasteiger partial charge in [-0.25, -0.2) is 0 Å². The monoisotopic (exact) mass is 330 g/mol. The molecule has 3 rings (SSSR count). The number of carbonyl (C=O) groups is 2. The first-order valence-corrected chi connectivity index (χ1v) is 8.06. The molecule has 3 aromatic rings. The Bertz CT molecular complexity index is 859. The summed E-state index contributed by atoms with van der Waals surface area (Å²) in [5.41, 5.74) is 2.70. The van der Waals surface area contributed by atoms with Gasteiger partial charge < -0.3 is 5.32 Å². The number of rotatable bonds is 5. The van der Waals surface area contributed by atoms with Crippen LogP contribution in [-0.2, 0) is 0 Å². The minimum Gasteiger partial charge on any atom is -0.346 e. The van der Waals surface area contributed by atoms with Crippen molar-refractivity contribution in [2.75, 3.05) is 0 Å². The second kappa shape index (κ2) is 7.53. The zero-order valence-corrected chi connectivity index (χ0v) is 13.8. The number of carbonyl (C=O) groups excluding carboxylic acids is 2. The van der Waals surface area contributed by atoms with Gasteiger partial charge in [0.05, 0.1) is 6.04 Å². The van der Waals surface area contributed by atoms with Crippen molar-refractivity contribution in [3.8, 4) is 0 Å². The highest BCUT2D eigenvalue weighted by Gasteiger charge is 2.13. The van der Waals surface area contributed by atoms with Gasteiger partial charge in [0, 0.05) is 29.1 Å². The third-order valence-electron chi connectivity index (χ3n) is 4.00. The van der Waals surface area contributed by atoms with E-state index in [1.54, 1.807) is 48.8 Å². The molecule has 1 atom stereocenters. The number of hydrogen-bond donors (Lipinski definition) is 1. The van der Waals surface area contributed by atoms with Crippen molar-refractivity contribution in [3.05, 3.63) is 101 Å². The quantitative estimate of drug-likeness (QED) is 0.724. The number of benzene rings is 2. The van der Waals surface area contributed by atoms with Crippen LogP contribution >= 0.6 is 0 Å². The van der Waals surface area contributed by atoms with E-state index in [2.05, 4.69) is 10.3 Å². The van der Waals surface area contributed by atoms with Crippen molar-refractivity contribution in [2.24, 2.45) is 0 Å². The summed E-state index contributed by atoms with van der Waals surface area (Å²) < 4.78 is 0. The normalized spacial score (nSPS) is 11.6. The van der Waals surface area contributed by atoms with Gasteiger partial charge in [0.2, 0.25) is 0 Å². The van der Waals surface area contributed by atoms with Crippen LogP contribution < -0.4 is 5.32 Å². The Hall–Kier alpha value is -3.27. The molecule has 4 heteroatoms. The van der Waals surface area contributed by atoms with E-state index >= 15 is 0 Å². The topological polar surface area (TPSA) is 59.1 Å². The number of amides is 1. The SMILES string of the molecule is C[C@@H](NC(=O)c1ccc(C(=O)c2ccccc2)cc1)c1ccncc1. The molecule has 0 radical (unpaired) electrons. The van der Waals surface area contributed by atoms with Gasteiger partial charge in [-0.2, -0.15) is 0 Å². The highest BCUT2D eigenvalue weighted by atomic mass is 16.1. The Morgan fingerprint density at radius 2 is 1.36 bits per heavy atom. The summed E-state index contributed by atoms with van der Waals surface area (Å²) in [5, 5.41) is 2.94. The summed E-state index contributed by atoms with van der Waals surface area (Å²) in [6.45, 7) is 1.92. The fourth-order valence-electron chi connectivity index (χ4n) is 2.54.